The molecule has 0 spiro atoms. The Labute approximate surface area is 117 Å². The molecule has 1 aromatic rings. The summed E-state index contributed by atoms with van der Waals surface area (Å²) in [5.74, 6) is 0.893. The summed E-state index contributed by atoms with van der Waals surface area (Å²) in [6.07, 6.45) is 2.82. The van der Waals surface area contributed by atoms with Gasteiger partial charge in [0.05, 0.1) is 0 Å². The first-order valence-electron chi connectivity index (χ1n) is 7.64. The van der Waals surface area contributed by atoms with Crippen molar-refractivity contribution in [3.05, 3.63) is 35.9 Å². The van der Waals surface area contributed by atoms with Crippen LogP contribution < -0.4 is 5.32 Å². The summed E-state index contributed by atoms with van der Waals surface area (Å²) in [6.45, 7) is 9.42. The molecule has 1 heterocycles. The standard InChI is InChI=1S/C17H26N2/c1-13-12-19(17(2,3)15-9-10-15)16(11-18-13)14-7-5-4-6-8-14/h4-8,13,15-16,18H,9-12H2,1-3H3. The highest BCUT2D eigenvalue weighted by Crippen LogP contribution is 2.46. The minimum atomic E-state index is 0.330. The minimum absolute atomic E-state index is 0.330. The van der Waals surface area contributed by atoms with Gasteiger partial charge in [0, 0.05) is 30.7 Å². The van der Waals surface area contributed by atoms with Crippen molar-refractivity contribution in [1.29, 1.82) is 0 Å². The molecule has 0 radical (unpaired) electrons. The predicted octanol–water partition coefficient (Wildman–Crippen LogP) is 3.21. The van der Waals surface area contributed by atoms with E-state index in [1.807, 2.05) is 0 Å². The van der Waals surface area contributed by atoms with Crippen LogP contribution >= 0.6 is 0 Å². The van der Waals surface area contributed by atoms with Gasteiger partial charge >= 0.3 is 0 Å². The second-order valence-corrected chi connectivity index (χ2v) is 6.82. The first kappa shape index (κ1) is 13.1. The van der Waals surface area contributed by atoms with Crippen molar-refractivity contribution >= 4 is 0 Å². The molecular formula is C17H26N2. The molecule has 19 heavy (non-hydrogen) atoms. The van der Waals surface area contributed by atoms with Crippen molar-refractivity contribution in [2.45, 2.75) is 51.2 Å². The summed E-state index contributed by atoms with van der Waals surface area (Å²) >= 11 is 0. The predicted molar refractivity (Wildman–Crippen MR) is 80.2 cm³/mol. The number of nitrogens with one attached hydrogen (secondary N) is 1. The SMILES string of the molecule is CC1CN(C(C)(C)C2CC2)C(c2ccccc2)CN1. The Morgan fingerprint density at radius 1 is 1.16 bits per heavy atom. The molecule has 2 fully saturated rings. The van der Waals surface area contributed by atoms with E-state index in [1.165, 1.54) is 18.4 Å². The van der Waals surface area contributed by atoms with E-state index in [0.29, 0.717) is 17.6 Å². The van der Waals surface area contributed by atoms with Crippen LogP contribution in [0.25, 0.3) is 0 Å². The van der Waals surface area contributed by atoms with Gasteiger partial charge < -0.3 is 5.32 Å². The Morgan fingerprint density at radius 2 is 1.84 bits per heavy atom. The summed E-state index contributed by atoms with van der Waals surface area (Å²) in [5, 5.41) is 3.65. The molecule has 2 unspecified atom stereocenters. The van der Waals surface area contributed by atoms with Crippen molar-refractivity contribution in [3.8, 4) is 0 Å². The van der Waals surface area contributed by atoms with Crippen molar-refractivity contribution in [1.82, 2.24) is 10.2 Å². The Kier molecular flexibility index (Phi) is 3.40. The van der Waals surface area contributed by atoms with Gasteiger partial charge in [0.25, 0.3) is 0 Å². The molecule has 2 heteroatoms. The quantitative estimate of drug-likeness (QED) is 0.895. The van der Waals surface area contributed by atoms with Crippen LogP contribution in [0.3, 0.4) is 0 Å². The smallest absolute Gasteiger partial charge is 0.0478 e. The lowest BCUT2D eigenvalue weighted by molar-refractivity contribution is 0.0186. The van der Waals surface area contributed by atoms with Gasteiger partial charge in [-0.3, -0.25) is 4.90 Å². The molecule has 1 aliphatic heterocycles. The maximum absolute atomic E-state index is 3.65. The topological polar surface area (TPSA) is 15.3 Å². The number of nitrogens with zero attached hydrogens (tertiary/aromatic N) is 1. The van der Waals surface area contributed by atoms with Gasteiger partial charge in [0.15, 0.2) is 0 Å². The molecule has 1 aliphatic carbocycles. The molecule has 104 valence electrons. The van der Waals surface area contributed by atoms with Gasteiger partial charge in [-0.05, 0) is 45.1 Å². The number of benzene rings is 1. The van der Waals surface area contributed by atoms with Crippen molar-refractivity contribution in [2.24, 2.45) is 5.92 Å². The fourth-order valence-corrected chi connectivity index (χ4v) is 3.54. The van der Waals surface area contributed by atoms with Crippen LogP contribution in [0.1, 0.15) is 45.2 Å². The van der Waals surface area contributed by atoms with E-state index in [2.05, 4.69) is 61.3 Å². The zero-order chi connectivity index (χ0) is 13.5. The highest BCUT2D eigenvalue weighted by atomic mass is 15.3. The summed E-state index contributed by atoms with van der Waals surface area (Å²) in [6, 6.07) is 12.1. The molecule has 1 saturated carbocycles. The number of piperazine rings is 1. The zero-order valence-corrected chi connectivity index (χ0v) is 12.4. The fraction of sp³-hybridized carbons (Fsp3) is 0.647. The number of hydrogen-bond donors (Lipinski definition) is 1. The monoisotopic (exact) mass is 258 g/mol. The lowest BCUT2D eigenvalue weighted by atomic mass is 9.89. The molecule has 1 saturated heterocycles. The molecule has 2 atom stereocenters. The van der Waals surface area contributed by atoms with E-state index >= 15 is 0 Å². The third-order valence-electron chi connectivity index (χ3n) is 5.01. The summed E-state index contributed by atoms with van der Waals surface area (Å²) in [5.41, 5.74) is 1.78. The Bertz CT molecular complexity index is 422. The van der Waals surface area contributed by atoms with E-state index in [1.54, 1.807) is 0 Å². The Hall–Kier alpha value is -0.860. The molecule has 2 nitrogen and oxygen atoms in total. The van der Waals surface area contributed by atoms with E-state index < -0.39 is 0 Å². The zero-order valence-electron chi connectivity index (χ0n) is 12.4. The largest absolute Gasteiger partial charge is 0.311 e. The molecule has 1 N–H and O–H groups in total. The van der Waals surface area contributed by atoms with Crippen LogP contribution in [0.4, 0.5) is 0 Å². The maximum atomic E-state index is 3.65. The van der Waals surface area contributed by atoms with Gasteiger partial charge in [-0.15, -0.1) is 0 Å². The van der Waals surface area contributed by atoms with E-state index in [-0.39, 0.29) is 0 Å². The van der Waals surface area contributed by atoms with Gasteiger partial charge in [0.2, 0.25) is 0 Å². The normalized spacial score (nSPS) is 29.4. The molecule has 0 aromatic heterocycles. The third-order valence-corrected chi connectivity index (χ3v) is 5.01. The highest BCUT2D eigenvalue weighted by molar-refractivity contribution is 5.21. The summed E-state index contributed by atoms with van der Waals surface area (Å²) < 4.78 is 0. The molecular weight excluding hydrogens is 232 g/mol. The van der Waals surface area contributed by atoms with Crippen LogP contribution in [0, 0.1) is 5.92 Å². The lowest BCUT2D eigenvalue weighted by Gasteiger charge is -2.49. The third kappa shape index (κ3) is 2.56. The van der Waals surface area contributed by atoms with Crippen molar-refractivity contribution in [3.63, 3.8) is 0 Å². The molecule has 0 amide bonds. The van der Waals surface area contributed by atoms with E-state index in [0.717, 1.165) is 19.0 Å². The van der Waals surface area contributed by atoms with Crippen LogP contribution in [0.2, 0.25) is 0 Å². The van der Waals surface area contributed by atoms with Crippen molar-refractivity contribution < 1.29 is 0 Å². The Balaban J connectivity index is 1.88. The van der Waals surface area contributed by atoms with Crippen LogP contribution in [-0.4, -0.2) is 29.6 Å². The molecule has 0 bridgehead atoms. The first-order chi connectivity index (χ1) is 9.09. The Morgan fingerprint density at radius 3 is 2.47 bits per heavy atom. The summed E-state index contributed by atoms with van der Waals surface area (Å²) in [7, 11) is 0. The highest BCUT2D eigenvalue weighted by Gasteiger charge is 2.46. The summed E-state index contributed by atoms with van der Waals surface area (Å²) in [4.78, 5) is 2.75. The van der Waals surface area contributed by atoms with Crippen LogP contribution in [-0.2, 0) is 0 Å². The molecule has 2 aliphatic rings. The maximum Gasteiger partial charge on any atom is 0.0478 e. The second kappa shape index (κ2) is 4.92. The van der Waals surface area contributed by atoms with Gasteiger partial charge in [-0.2, -0.15) is 0 Å². The van der Waals surface area contributed by atoms with E-state index in [9.17, 15) is 0 Å². The number of rotatable bonds is 3. The fourth-order valence-electron chi connectivity index (χ4n) is 3.54. The first-order valence-corrected chi connectivity index (χ1v) is 7.64. The molecule has 1 aromatic carbocycles. The van der Waals surface area contributed by atoms with E-state index in [4.69, 9.17) is 0 Å². The lowest BCUT2D eigenvalue weighted by Crippen LogP contribution is -2.59. The van der Waals surface area contributed by atoms with Gasteiger partial charge in [0.1, 0.15) is 0 Å². The van der Waals surface area contributed by atoms with Crippen LogP contribution in [0.15, 0.2) is 30.3 Å². The average Bonchev–Trinajstić information content (AvgIpc) is 3.24. The van der Waals surface area contributed by atoms with Crippen LogP contribution in [0.5, 0.6) is 0 Å². The van der Waals surface area contributed by atoms with Gasteiger partial charge in [-0.25, -0.2) is 0 Å². The minimum Gasteiger partial charge on any atom is -0.311 e. The average molecular weight is 258 g/mol. The second-order valence-electron chi connectivity index (χ2n) is 6.82. The number of hydrogen-bond acceptors (Lipinski definition) is 2. The van der Waals surface area contributed by atoms with Crippen molar-refractivity contribution in [2.75, 3.05) is 13.1 Å². The van der Waals surface area contributed by atoms with Gasteiger partial charge in [-0.1, -0.05) is 30.3 Å². The molecule has 3 rings (SSSR count).